The maximum absolute atomic E-state index is 12.8. The molecule has 28 heavy (non-hydrogen) atoms. The van der Waals surface area contributed by atoms with Crippen LogP contribution in [-0.4, -0.2) is 14.3 Å². The standard InChI is InChI=1S/C20H19ClN2O4S/c1-14-8-9-15(22-20(24)11-10-16-5-4-12-27-16)13-19(14)28(25,26)23-18-7-3-2-6-17(18)21/h2-9,12-13,23H,10-11H2,1H3,(H,22,24). The van der Waals surface area contributed by atoms with Gasteiger partial charge in [0.25, 0.3) is 10.0 Å². The molecule has 0 atom stereocenters. The van der Waals surface area contributed by atoms with Crippen LogP contribution in [0.25, 0.3) is 0 Å². The summed E-state index contributed by atoms with van der Waals surface area (Å²) in [4.78, 5) is 12.2. The van der Waals surface area contributed by atoms with E-state index in [0.717, 1.165) is 0 Å². The van der Waals surface area contributed by atoms with Gasteiger partial charge in [-0.2, -0.15) is 0 Å². The second-order valence-corrected chi connectivity index (χ2v) is 8.25. The summed E-state index contributed by atoms with van der Waals surface area (Å²) in [6, 6.07) is 14.9. The molecule has 1 heterocycles. The molecule has 3 rings (SSSR count). The molecule has 1 amide bonds. The molecule has 0 fully saturated rings. The van der Waals surface area contributed by atoms with Crippen LogP contribution in [-0.2, 0) is 21.2 Å². The molecule has 0 spiro atoms. The van der Waals surface area contributed by atoms with Crippen molar-refractivity contribution >= 4 is 38.9 Å². The minimum absolute atomic E-state index is 0.0660. The highest BCUT2D eigenvalue weighted by molar-refractivity contribution is 7.92. The first-order valence-corrected chi connectivity index (χ1v) is 10.4. The summed E-state index contributed by atoms with van der Waals surface area (Å²) in [5.74, 6) is 0.480. The smallest absolute Gasteiger partial charge is 0.262 e. The molecular formula is C20H19ClN2O4S. The zero-order valence-electron chi connectivity index (χ0n) is 15.1. The van der Waals surface area contributed by atoms with Crippen LogP contribution in [0.2, 0.25) is 5.02 Å². The van der Waals surface area contributed by atoms with Crippen molar-refractivity contribution in [2.75, 3.05) is 10.0 Å². The predicted octanol–water partition coefficient (Wildman–Crippen LogP) is 4.61. The molecule has 0 aliphatic rings. The van der Waals surface area contributed by atoms with E-state index in [1.165, 1.54) is 6.07 Å². The van der Waals surface area contributed by atoms with E-state index in [4.69, 9.17) is 16.0 Å². The highest BCUT2D eigenvalue weighted by Gasteiger charge is 2.19. The van der Waals surface area contributed by atoms with E-state index in [-0.39, 0.29) is 22.9 Å². The second-order valence-electron chi connectivity index (χ2n) is 6.19. The molecule has 8 heteroatoms. The lowest BCUT2D eigenvalue weighted by molar-refractivity contribution is -0.116. The Bertz CT molecular complexity index is 1080. The summed E-state index contributed by atoms with van der Waals surface area (Å²) in [5.41, 5.74) is 1.24. The van der Waals surface area contributed by atoms with Gasteiger partial charge < -0.3 is 9.73 Å². The highest BCUT2D eigenvalue weighted by atomic mass is 35.5. The van der Waals surface area contributed by atoms with Crippen molar-refractivity contribution in [3.63, 3.8) is 0 Å². The average molecular weight is 419 g/mol. The van der Waals surface area contributed by atoms with Gasteiger partial charge in [-0.1, -0.05) is 29.8 Å². The number of aryl methyl sites for hydroxylation is 2. The molecule has 0 unspecified atom stereocenters. The summed E-state index contributed by atoms with van der Waals surface area (Å²) < 4.78 is 33.3. The van der Waals surface area contributed by atoms with Crippen molar-refractivity contribution in [2.24, 2.45) is 0 Å². The minimum atomic E-state index is -3.87. The van der Waals surface area contributed by atoms with Crippen LogP contribution in [0.15, 0.2) is 70.2 Å². The van der Waals surface area contributed by atoms with E-state index >= 15 is 0 Å². The van der Waals surface area contributed by atoms with Gasteiger partial charge in [-0.3, -0.25) is 9.52 Å². The Hall–Kier alpha value is -2.77. The first kappa shape index (κ1) is 20.0. The van der Waals surface area contributed by atoms with Gasteiger partial charge in [0, 0.05) is 18.5 Å². The van der Waals surface area contributed by atoms with Crippen molar-refractivity contribution in [1.29, 1.82) is 0 Å². The maximum atomic E-state index is 12.8. The molecule has 1 aromatic heterocycles. The van der Waals surface area contributed by atoms with E-state index in [1.54, 1.807) is 61.7 Å². The van der Waals surface area contributed by atoms with E-state index in [2.05, 4.69) is 10.0 Å². The fraction of sp³-hybridized carbons (Fsp3) is 0.150. The normalized spacial score (nSPS) is 11.2. The van der Waals surface area contributed by atoms with Crippen molar-refractivity contribution in [3.05, 3.63) is 77.2 Å². The molecule has 2 aromatic carbocycles. The lowest BCUT2D eigenvalue weighted by Crippen LogP contribution is -2.16. The summed E-state index contributed by atoms with van der Waals surface area (Å²) >= 11 is 6.04. The van der Waals surface area contributed by atoms with Gasteiger partial charge in [0.1, 0.15) is 5.76 Å². The zero-order valence-corrected chi connectivity index (χ0v) is 16.7. The molecule has 0 bridgehead atoms. The molecule has 0 radical (unpaired) electrons. The number of benzene rings is 2. The Morgan fingerprint density at radius 1 is 1.11 bits per heavy atom. The average Bonchev–Trinajstić information content (AvgIpc) is 3.17. The monoisotopic (exact) mass is 418 g/mol. The van der Waals surface area contributed by atoms with Crippen molar-refractivity contribution in [1.82, 2.24) is 0 Å². The molecule has 0 aliphatic heterocycles. The summed E-state index contributed by atoms with van der Waals surface area (Å²) in [6.07, 6.45) is 2.24. The summed E-state index contributed by atoms with van der Waals surface area (Å²) in [7, 11) is -3.87. The molecule has 3 aromatic rings. The molecular weight excluding hydrogens is 400 g/mol. The fourth-order valence-corrected chi connectivity index (χ4v) is 4.22. The number of sulfonamides is 1. The van der Waals surface area contributed by atoms with Crippen LogP contribution < -0.4 is 10.0 Å². The van der Waals surface area contributed by atoms with E-state index < -0.39 is 10.0 Å². The Kier molecular flexibility index (Phi) is 6.06. The third kappa shape index (κ3) is 4.94. The summed E-state index contributed by atoms with van der Waals surface area (Å²) in [5, 5.41) is 3.02. The number of carbonyl (C=O) groups excluding carboxylic acids is 1. The Balaban J connectivity index is 1.75. The van der Waals surface area contributed by atoms with E-state index in [9.17, 15) is 13.2 Å². The van der Waals surface area contributed by atoms with Crippen LogP contribution >= 0.6 is 11.6 Å². The molecule has 2 N–H and O–H groups in total. The van der Waals surface area contributed by atoms with E-state index in [1.807, 2.05) is 0 Å². The number of rotatable bonds is 7. The van der Waals surface area contributed by atoms with Crippen LogP contribution in [0, 0.1) is 6.92 Å². The van der Waals surface area contributed by atoms with Crippen LogP contribution in [0.5, 0.6) is 0 Å². The molecule has 0 saturated heterocycles. The minimum Gasteiger partial charge on any atom is -0.469 e. The predicted molar refractivity (Wildman–Crippen MR) is 109 cm³/mol. The van der Waals surface area contributed by atoms with Gasteiger partial charge >= 0.3 is 0 Å². The number of carbonyl (C=O) groups is 1. The Morgan fingerprint density at radius 2 is 1.89 bits per heavy atom. The first-order valence-electron chi connectivity index (χ1n) is 8.55. The lowest BCUT2D eigenvalue weighted by atomic mass is 10.2. The van der Waals surface area contributed by atoms with E-state index in [0.29, 0.717) is 28.5 Å². The van der Waals surface area contributed by atoms with Crippen molar-refractivity contribution in [3.8, 4) is 0 Å². The van der Waals surface area contributed by atoms with Crippen LogP contribution in [0.1, 0.15) is 17.7 Å². The zero-order chi connectivity index (χ0) is 20.1. The number of hydrogen-bond donors (Lipinski definition) is 2. The SMILES string of the molecule is Cc1ccc(NC(=O)CCc2ccco2)cc1S(=O)(=O)Nc1ccccc1Cl. The largest absolute Gasteiger partial charge is 0.469 e. The highest BCUT2D eigenvalue weighted by Crippen LogP contribution is 2.27. The number of para-hydroxylation sites is 1. The van der Waals surface area contributed by atoms with Gasteiger partial charge in [0.05, 0.1) is 21.9 Å². The molecule has 0 saturated carbocycles. The lowest BCUT2D eigenvalue weighted by Gasteiger charge is -2.13. The van der Waals surface area contributed by atoms with Gasteiger partial charge in [-0.15, -0.1) is 0 Å². The third-order valence-electron chi connectivity index (χ3n) is 4.06. The number of furan rings is 1. The third-order valence-corrected chi connectivity index (χ3v) is 5.90. The molecule has 6 nitrogen and oxygen atoms in total. The number of halogens is 1. The number of nitrogens with one attached hydrogen (secondary N) is 2. The van der Waals surface area contributed by atoms with Crippen LogP contribution in [0.4, 0.5) is 11.4 Å². The quantitative estimate of drug-likeness (QED) is 0.586. The number of amides is 1. The fourth-order valence-electron chi connectivity index (χ4n) is 2.63. The van der Waals surface area contributed by atoms with Crippen molar-refractivity contribution < 1.29 is 17.6 Å². The maximum Gasteiger partial charge on any atom is 0.262 e. The number of anilines is 2. The second kappa shape index (κ2) is 8.50. The summed E-state index contributed by atoms with van der Waals surface area (Å²) in [6.45, 7) is 1.68. The Morgan fingerprint density at radius 3 is 2.61 bits per heavy atom. The molecule has 0 aliphatic carbocycles. The van der Waals surface area contributed by atoms with Crippen LogP contribution in [0.3, 0.4) is 0 Å². The van der Waals surface area contributed by atoms with Gasteiger partial charge in [-0.05, 0) is 48.9 Å². The first-order chi connectivity index (χ1) is 13.3. The molecule has 146 valence electrons. The van der Waals surface area contributed by atoms with Gasteiger partial charge in [0.2, 0.25) is 5.91 Å². The number of hydrogen-bond acceptors (Lipinski definition) is 4. The topological polar surface area (TPSA) is 88.4 Å². The van der Waals surface area contributed by atoms with Gasteiger partial charge in [0.15, 0.2) is 0 Å². The van der Waals surface area contributed by atoms with Gasteiger partial charge in [-0.25, -0.2) is 8.42 Å². The van der Waals surface area contributed by atoms with Crippen molar-refractivity contribution in [2.45, 2.75) is 24.7 Å². The Labute approximate surface area is 168 Å².